The van der Waals surface area contributed by atoms with Crippen LogP contribution in [0.4, 0.5) is 0 Å². The molecule has 0 aromatic rings. The van der Waals surface area contributed by atoms with Crippen molar-refractivity contribution >= 4 is 11.8 Å². The highest BCUT2D eigenvalue weighted by atomic mass is 16.5. The molecule has 4 aliphatic carbocycles. The molecule has 5 aliphatic rings. The van der Waals surface area contributed by atoms with Gasteiger partial charge in [-0.25, -0.2) is 0 Å². The van der Waals surface area contributed by atoms with Crippen LogP contribution in [0.1, 0.15) is 98.3 Å². The summed E-state index contributed by atoms with van der Waals surface area (Å²) in [4.78, 5) is 27.7. The first kappa shape index (κ1) is 23.6. The highest BCUT2D eigenvalue weighted by Gasteiger charge is 2.58. The van der Waals surface area contributed by atoms with Crippen molar-refractivity contribution in [3.8, 4) is 0 Å². The summed E-state index contributed by atoms with van der Waals surface area (Å²) >= 11 is 0. The molecule has 0 aromatic heterocycles. The average molecular weight is 456 g/mol. The Morgan fingerprint density at radius 1 is 1.06 bits per heavy atom. The number of fused-ring (bicyclic) bond motifs is 5. The maximum Gasteiger partial charge on any atom is 0.307 e. The smallest absolute Gasteiger partial charge is 0.307 e. The van der Waals surface area contributed by atoms with Gasteiger partial charge in [0, 0.05) is 31.3 Å². The van der Waals surface area contributed by atoms with Gasteiger partial charge in [0.2, 0.25) is 0 Å². The monoisotopic (exact) mass is 455 g/mol. The van der Waals surface area contributed by atoms with Crippen molar-refractivity contribution in [3.05, 3.63) is 11.6 Å². The molecule has 4 fully saturated rings. The SMILES string of the molecule is CC1(C)CCCN(CCC(=O)O[C@@H]2CC[C@@]3(C)C(=CC[C@H]4[C@@H]3CC[C@]3(C)C(=O)CC[C@@H]43)C2)C1. The second-order valence-corrected chi connectivity index (χ2v) is 13.3. The molecule has 5 rings (SSSR count). The first-order valence-corrected chi connectivity index (χ1v) is 13.8. The van der Waals surface area contributed by atoms with Crippen LogP contribution in [0.2, 0.25) is 0 Å². The van der Waals surface area contributed by atoms with Crippen molar-refractivity contribution in [2.45, 2.75) is 104 Å². The molecule has 4 nitrogen and oxygen atoms in total. The molecule has 1 heterocycles. The summed E-state index contributed by atoms with van der Waals surface area (Å²) in [5, 5.41) is 0. The normalized spacial score (nSPS) is 42.7. The molecule has 0 amide bonds. The van der Waals surface area contributed by atoms with E-state index in [-0.39, 0.29) is 22.9 Å². The van der Waals surface area contributed by atoms with Crippen LogP contribution in [0.15, 0.2) is 11.6 Å². The number of rotatable bonds is 4. The number of piperidine rings is 1. The Balaban J connectivity index is 1.18. The maximum atomic E-state index is 12.7. The summed E-state index contributed by atoms with van der Waals surface area (Å²) in [6.45, 7) is 12.4. The van der Waals surface area contributed by atoms with Crippen LogP contribution in [0, 0.1) is 34.0 Å². The van der Waals surface area contributed by atoms with E-state index < -0.39 is 0 Å². The first-order chi connectivity index (χ1) is 15.6. The topological polar surface area (TPSA) is 46.6 Å². The Labute approximate surface area is 200 Å². The van der Waals surface area contributed by atoms with Crippen LogP contribution < -0.4 is 0 Å². The number of likely N-dealkylation sites (tertiary alicyclic amines) is 1. The third-order valence-corrected chi connectivity index (χ3v) is 10.7. The van der Waals surface area contributed by atoms with Crippen molar-refractivity contribution in [1.29, 1.82) is 0 Å². The van der Waals surface area contributed by atoms with Crippen molar-refractivity contribution in [2.24, 2.45) is 34.0 Å². The molecule has 0 aromatic carbocycles. The van der Waals surface area contributed by atoms with E-state index in [1.165, 1.54) is 19.3 Å². The highest BCUT2D eigenvalue weighted by Crippen LogP contribution is 2.64. The third kappa shape index (κ3) is 4.23. The van der Waals surface area contributed by atoms with E-state index in [0.717, 1.165) is 64.6 Å². The minimum Gasteiger partial charge on any atom is -0.462 e. The summed E-state index contributed by atoms with van der Waals surface area (Å²) in [6.07, 6.45) is 13.9. The lowest BCUT2D eigenvalue weighted by Gasteiger charge is -2.56. The average Bonchev–Trinajstić information content (AvgIpc) is 3.06. The van der Waals surface area contributed by atoms with Gasteiger partial charge in [-0.1, -0.05) is 39.3 Å². The van der Waals surface area contributed by atoms with Gasteiger partial charge < -0.3 is 9.64 Å². The van der Waals surface area contributed by atoms with Crippen molar-refractivity contribution < 1.29 is 14.3 Å². The summed E-state index contributed by atoms with van der Waals surface area (Å²) in [7, 11) is 0. The number of Topliss-reactive ketones (excluding diaryl/α,β-unsaturated/α-hetero) is 1. The standard InChI is InChI=1S/C29H45NO3/c1-27(2)13-5-16-30(19-27)17-12-26(32)33-21-10-14-28(3)20(18-21)6-7-22-23-8-9-25(31)29(23,4)15-11-24(22)28/h6,21-24H,5,7-19H2,1-4H3/t21-,22-,23+,24+,28+,29+/m1/s1. The number of ketones is 1. The summed E-state index contributed by atoms with van der Waals surface area (Å²) < 4.78 is 6.01. The van der Waals surface area contributed by atoms with Gasteiger partial charge in [0.15, 0.2) is 0 Å². The van der Waals surface area contributed by atoms with E-state index in [1.54, 1.807) is 5.57 Å². The Morgan fingerprint density at radius 3 is 2.61 bits per heavy atom. The molecule has 0 N–H and O–H groups in total. The molecular formula is C29H45NO3. The predicted octanol–water partition coefficient (Wildman–Crippen LogP) is 5.94. The number of nitrogens with zero attached hydrogens (tertiary/aromatic N) is 1. The summed E-state index contributed by atoms with van der Waals surface area (Å²) in [6, 6.07) is 0. The fourth-order valence-corrected chi connectivity index (χ4v) is 8.73. The van der Waals surface area contributed by atoms with Crippen molar-refractivity contribution in [3.63, 3.8) is 0 Å². The van der Waals surface area contributed by atoms with Crippen LogP contribution in [-0.4, -0.2) is 42.4 Å². The van der Waals surface area contributed by atoms with Crippen LogP contribution in [0.3, 0.4) is 0 Å². The van der Waals surface area contributed by atoms with E-state index in [2.05, 4.69) is 38.7 Å². The molecule has 1 saturated heterocycles. The van der Waals surface area contributed by atoms with Gasteiger partial charge in [0.1, 0.15) is 11.9 Å². The quantitative estimate of drug-likeness (QED) is 0.389. The summed E-state index contributed by atoms with van der Waals surface area (Å²) in [5.74, 6) is 2.44. The van der Waals surface area contributed by atoms with Crippen LogP contribution in [0.5, 0.6) is 0 Å². The minimum absolute atomic E-state index is 0.0147. The Bertz CT molecular complexity index is 831. The zero-order valence-electron chi connectivity index (χ0n) is 21.5. The fraction of sp³-hybridized carbons (Fsp3) is 0.862. The highest BCUT2D eigenvalue weighted by molar-refractivity contribution is 5.87. The van der Waals surface area contributed by atoms with Gasteiger partial charge in [-0.3, -0.25) is 9.59 Å². The zero-order valence-corrected chi connectivity index (χ0v) is 21.5. The molecule has 0 unspecified atom stereocenters. The molecule has 0 spiro atoms. The number of hydrogen-bond acceptors (Lipinski definition) is 4. The molecular weight excluding hydrogens is 410 g/mol. The van der Waals surface area contributed by atoms with E-state index in [0.29, 0.717) is 35.4 Å². The van der Waals surface area contributed by atoms with Gasteiger partial charge in [-0.15, -0.1) is 0 Å². The number of hydrogen-bond donors (Lipinski definition) is 0. The lowest BCUT2D eigenvalue weighted by molar-refractivity contribution is -0.152. The van der Waals surface area contributed by atoms with Crippen LogP contribution >= 0.6 is 0 Å². The van der Waals surface area contributed by atoms with Crippen molar-refractivity contribution in [2.75, 3.05) is 19.6 Å². The molecule has 4 heteroatoms. The minimum atomic E-state index is -0.0564. The Hall–Kier alpha value is -1.16. The first-order valence-electron chi connectivity index (χ1n) is 13.8. The lowest BCUT2D eigenvalue weighted by atomic mass is 9.48. The van der Waals surface area contributed by atoms with Gasteiger partial charge in [-0.2, -0.15) is 0 Å². The molecule has 1 aliphatic heterocycles. The third-order valence-electron chi connectivity index (χ3n) is 10.7. The number of ether oxygens (including phenoxy) is 1. The van der Waals surface area contributed by atoms with Crippen LogP contribution in [0.25, 0.3) is 0 Å². The molecule has 33 heavy (non-hydrogen) atoms. The van der Waals surface area contributed by atoms with E-state index >= 15 is 0 Å². The number of carbonyl (C=O) groups is 2. The number of esters is 1. The molecule has 184 valence electrons. The van der Waals surface area contributed by atoms with Gasteiger partial charge >= 0.3 is 5.97 Å². The van der Waals surface area contributed by atoms with Gasteiger partial charge in [0.25, 0.3) is 0 Å². The van der Waals surface area contributed by atoms with Gasteiger partial charge in [0.05, 0.1) is 6.42 Å². The Kier molecular flexibility index (Phi) is 6.07. The van der Waals surface area contributed by atoms with Crippen molar-refractivity contribution in [1.82, 2.24) is 4.90 Å². The second kappa shape index (κ2) is 8.50. The molecule has 3 saturated carbocycles. The second-order valence-electron chi connectivity index (χ2n) is 13.3. The zero-order chi connectivity index (χ0) is 23.4. The van der Waals surface area contributed by atoms with Gasteiger partial charge in [-0.05, 0) is 86.5 Å². The predicted molar refractivity (Wildman–Crippen MR) is 131 cm³/mol. The molecule has 0 radical (unpaired) electrons. The van der Waals surface area contributed by atoms with E-state index in [9.17, 15) is 9.59 Å². The lowest BCUT2D eigenvalue weighted by Crippen LogP contribution is -2.50. The Morgan fingerprint density at radius 2 is 1.82 bits per heavy atom. The molecule has 0 bridgehead atoms. The number of carbonyl (C=O) groups excluding carboxylic acids is 2. The van der Waals surface area contributed by atoms with E-state index in [4.69, 9.17) is 4.74 Å². The van der Waals surface area contributed by atoms with E-state index in [1.807, 2.05) is 0 Å². The maximum absolute atomic E-state index is 12.7. The number of allylic oxidation sites excluding steroid dienone is 1. The van der Waals surface area contributed by atoms with Crippen LogP contribution in [-0.2, 0) is 14.3 Å². The summed E-state index contributed by atoms with van der Waals surface area (Å²) in [5.41, 5.74) is 2.08. The largest absolute Gasteiger partial charge is 0.462 e. The fourth-order valence-electron chi connectivity index (χ4n) is 8.73. The molecule has 6 atom stereocenters.